The van der Waals surface area contributed by atoms with E-state index in [4.69, 9.17) is 5.73 Å². The number of aromatic nitrogens is 4. The number of hydrogen-bond acceptors (Lipinski definition) is 5. The number of fused-ring (bicyclic) bond motifs is 1. The second-order valence-corrected chi connectivity index (χ2v) is 4.54. The molecular formula is C11H18N6. The van der Waals surface area contributed by atoms with Crippen LogP contribution in [0.25, 0.3) is 11.0 Å². The molecule has 0 aliphatic heterocycles. The van der Waals surface area contributed by atoms with Crippen molar-refractivity contribution in [3.05, 3.63) is 12.0 Å². The van der Waals surface area contributed by atoms with Crippen molar-refractivity contribution in [1.29, 1.82) is 0 Å². The van der Waals surface area contributed by atoms with E-state index in [2.05, 4.69) is 33.8 Å². The van der Waals surface area contributed by atoms with Crippen LogP contribution in [-0.2, 0) is 13.6 Å². The summed E-state index contributed by atoms with van der Waals surface area (Å²) in [6.07, 6.45) is 1.70. The van der Waals surface area contributed by atoms with E-state index in [1.54, 1.807) is 10.9 Å². The standard InChI is InChI=1S/C11H18N6/c1-7(2)16(3)6-9-14-10(12)8-5-13-17(4)11(8)15-9/h5,7H,6H2,1-4H3,(H2,12,14,15). The Hall–Kier alpha value is -1.69. The zero-order chi connectivity index (χ0) is 12.6. The minimum atomic E-state index is 0.446. The Morgan fingerprint density at radius 3 is 2.76 bits per heavy atom. The predicted molar refractivity (Wildman–Crippen MR) is 67.3 cm³/mol. The minimum Gasteiger partial charge on any atom is -0.383 e. The second-order valence-electron chi connectivity index (χ2n) is 4.54. The molecule has 2 heterocycles. The summed E-state index contributed by atoms with van der Waals surface area (Å²) in [5, 5.41) is 4.94. The SMILES string of the molecule is CC(C)N(C)Cc1nc(N)c2cnn(C)c2n1. The molecule has 0 atom stereocenters. The van der Waals surface area contributed by atoms with Crippen LogP contribution >= 0.6 is 0 Å². The van der Waals surface area contributed by atoms with Crippen LogP contribution in [0.5, 0.6) is 0 Å². The molecule has 6 nitrogen and oxygen atoms in total. The number of hydrogen-bond donors (Lipinski definition) is 1. The molecule has 0 saturated heterocycles. The van der Waals surface area contributed by atoms with Crippen LogP contribution in [0.15, 0.2) is 6.20 Å². The van der Waals surface area contributed by atoms with Crippen molar-refractivity contribution in [2.24, 2.45) is 7.05 Å². The van der Waals surface area contributed by atoms with Gasteiger partial charge in [-0.1, -0.05) is 0 Å². The molecule has 2 aromatic heterocycles. The lowest BCUT2D eigenvalue weighted by molar-refractivity contribution is 0.259. The van der Waals surface area contributed by atoms with E-state index in [-0.39, 0.29) is 0 Å². The zero-order valence-electron chi connectivity index (χ0n) is 10.7. The van der Waals surface area contributed by atoms with Crippen LogP contribution in [0.3, 0.4) is 0 Å². The zero-order valence-corrected chi connectivity index (χ0v) is 10.7. The van der Waals surface area contributed by atoms with E-state index >= 15 is 0 Å². The van der Waals surface area contributed by atoms with Gasteiger partial charge in [0, 0.05) is 13.1 Å². The highest BCUT2D eigenvalue weighted by Gasteiger charge is 2.11. The van der Waals surface area contributed by atoms with Gasteiger partial charge >= 0.3 is 0 Å². The number of nitrogens with two attached hydrogens (primary N) is 1. The Balaban J connectivity index is 2.39. The molecule has 0 spiro atoms. The van der Waals surface area contributed by atoms with Gasteiger partial charge in [-0.3, -0.25) is 9.58 Å². The molecule has 2 aromatic rings. The van der Waals surface area contributed by atoms with Crippen molar-refractivity contribution in [3.63, 3.8) is 0 Å². The van der Waals surface area contributed by atoms with Crippen LogP contribution in [0, 0.1) is 0 Å². The van der Waals surface area contributed by atoms with Crippen molar-refractivity contribution < 1.29 is 0 Å². The third kappa shape index (κ3) is 2.21. The van der Waals surface area contributed by atoms with Gasteiger partial charge in [0.1, 0.15) is 11.6 Å². The molecule has 0 fully saturated rings. The molecule has 17 heavy (non-hydrogen) atoms. The van der Waals surface area contributed by atoms with Gasteiger partial charge in [0.15, 0.2) is 5.65 Å². The van der Waals surface area contributed by atoms with E-state index in [9.17, 15) is 0 Å². The molecule has 0 aliphatic rings. The van der Waals surface area contributed by atoms with Gasteiger partial charge < -0.3 is 5.73 Å². The first-order valence-corrected chi connectivity index (χ1v) is 5.63. The average Bonchev–Trinajstić information content (AvgIpc) is 2.61. The molecule has 0 aromatic carbocycles. The molecule has 0 amide bonds. The molecule has 0 unspecified atom stereocenters. The number of anilines is 1. The quantitative estimate of drug-likeness (QED) is 0.849. The maximum atomic E-state index is 5.90. The monoisotopic (exact) mass is 234 g/mol. The summed E-state index contributed by atoms with van der Waals surface area (Å²) in [6, 6.07) is 0.446. The van der Waals surface area contributed by atoms with E-state index in [0.29, 0.717) is 18.4 Å². The van der Waals surface area contributed by atoms with Gasteiger partial charge in [0.05, 0.1) is 18.1 Å². The summed E-state index contributed by atoms with van der Waals surface area (Å²) in [4.78, 5) is 11.0. The summed E-state index contributed by atoms with van der Waals surface area (Å²) in [5.74, 6) is 1.23. The van der Waals surface area contributed by atoms with Crippen LogP contribution in [-0.4, -0.2) is 37.7 Å². The summed E-state index contributed by atoms with van der Waals surface area (Å²) in [6.45, 7) is 4.95. The van der Waals surface area contributed by atoms with Crippen LogP contribution in [0.2, 0.25) is 0 Å². The highest BCUT2D eigenvalue weighted by molar-refractivity contribution is 5.84. The minimum absolute atomic E-state index is 0.446. The van der Waals surface area contributed by atoms with Gasteiger partial charge in [-0.15, -0.1) is 0 Å². The second kappa shape index (κ2) is 4.29. The summed E-state index contributed by atoms with van der Waals surface area (Å²) < 4.78 is 1.71. The Morgan fingerprint density at radius 2 is 2.12 bits per heavy atom. The largest absolute Gasteiger partial charge is 0.383 e. The first-order chi connectivity index (χ1) is 7.99. The molecule has 6 heteroatoms. The molecule has 92 valence electrons. The molecular weight excluding hydrogens is 216 g/mol. The predicted octanol–water partition coefficient (Wildman–Crippen LogP) is 0.786. The van der Waals surface area contributed by atoms with Crippen LogP contribution < -0.4 is 5.73 Å². The first kappa shape index (κ1) is 11.8. The third-order valence-corrected chi connectivity index (χ3v) is 2.94. The van der Waals surface area contributed by atoms with Crippen molar-refractivity contribution in [3.8, 4) is 0 Å². The first-order valence-electron chi connectivity index (χ1n) is 5.63. The van der Waals surface area contributed by atoms with E-state index < -0.39 is 0 Å². The Bertz CT molecular complexity index is 530. The lowest BCUT2D eigenvalue weighted by Crippen LogP contribution is -2.26. The number of nitrogens with zero attached hydrogens (tertiary/aromatic N) is 5. The van der Waals surface area contributed by atoms with Crippen molar-refractivity contribution in [2.75, 3.05) is 12.8 Å². The summed E-state index contributed by atoms with van der Waals surface area (Å²) in [7, 11) is 3.89. The van der Waals surface area contributed by atoms with Gasteiger partial charge in [0.25, 0.3) is 0 Å². The van der Waals surface area contributed by atoms with Crippen LogP contribution in [0.1, 0.15) is 19.7 Å². The normalized spacial score (nSPS) is 11.9. The van der Waals surface area contributed by atoms with Crippen molar-refractivity contribution >= 4 is 16.9 Å². The Kier molecular flexibility index (Phi) is 2.97. The Labute approximate surface area is 100 Å². The van der Waals surface area contributed by atoms with Crippen molar-refractivity contribution in [1.82, 2.24) is 24.6 Å². The smallest absolute Gasteiger partial charge is 0.163 e. The molecule has 0 bridgehead atoms. The van der Waals surface area contributed by atoms with Gasteiger partial charge in [-0.25, -0.2) is 9.97 Å². The fraction of sp³-hybridized carbons (Fsp3) is 0.545. The average molecular weight is 234 g/mol. The summed E-state index contributed by atoms with van der Waals surface area (Å²) in [5.41, 5.74) is 6.68. The van der Waals surface area contributed by atoms with Crippen molar-refractivity contribution in [2.45, 2.75) is 26.4 Å². The maximum Gasteiger partial charge on any atom is 0.163 e. The fourth-order valence-corrected chi connectivity index (χ4v) is 1.57. The number of nitrogen functional groups attached to an aromatic ring is 1. The molecule has 2 N–H and O–H groups in total. The maximum absolute atomic E-state index is 5.90. The van der Waals surface area contributed by atoms with Gasteiger partial charge in [-0.05, 0) is 20.9 Å². The topological polar surface area (TPSA) is 72.9 Å². The molecule has 0 saturated carbocycles. The third-order valence-electron chi connectivity index (χ3n) is 2.94. The van der Waals surface area contributed by atoms with Gasteiger partial charge in [-0.2, -0.15) is 5.10 Å². The van der Waals surface area contributed by atoms with Gasteiger partial charge in [0.2, 0.25) is 0 Å². The molecule has 0 radical (unpaired) electrons. The van der Waals surface area contributed by atoms with Crippen LogP contribution in [0.4, 0.5) is 5.82 Å². The fourth-order valence-electron chi connectivity index (χ4n) is 1.57. The highest BCUT2D eigenvalue weighted by atomic mass is 15.3. The molecule has 2 rings (SSSR count). The van der Waals surface area contributed by atoms with E-state index in [0.717, 1.165) is 16.9 Å². The Morgan fingerprint density at radius 1 is 1.41 bits per heavy atom. The highest BCUT2D eigenvalue weighted by Crippen LogP contribution is 2.17. The van der Waals surface area contributed by atoms with E-state index in [1.807, 2.05) is 14.1 Å². The lowest BCUT2D eigenvalue weighted by atomic mass is 10.3. The number of aryl methyl sites for hydroxylation is 1. The number of rotatable bonds is 3. The summed E-state index contributed by atoms with van der Waals surface area (Å²) >= 11 is 0. The lowest BCUT2D eigenvalue weighted by Gasteiger charge is -2.19. The van der Waals surface area contributed by atoms with E-state index in [1.165, 1.54) is 0 Å². The molecule has 0 aliphatic carbocycles.